The molecule has 1 aliphatic rings. The van der Waals surface area contributed by atoms with Crippen LogP contribution >= 0.6 is 0 Å². The molecule has 2 aromatic heterocycles. The molecule has 0 saturated heterocycles. The van der Waals surface area contributed by atoms with Gasteiger partial charge in [-0.1, -0.05) is 6.08 Å². The smallest absolute Gasteiger partial charge is 0.119 e. The predicted molar refractivity (Wildman–Crippen MR) is 60.0 cm³/mol. The van der Waals surface area contributed by atoms with Crippen molar-refractivity contribution in [2.24, 2.45) is 0 Å². The van der Waals surface area contributed by atoms with E-state index >= 15 is 0 Å². The molecule has 0 fully saturated rings. The Labute approximate surface area is 93.2 Å². The number of hydrogen-bond acceptors (Lipinski definition) is 2. The average molecular weight is 210 g/mol. The van der Waals surface area contributed by atoms with Gasteiger partial charge in [-0.15, -0.1) is 5.73 Å². The van der Waals surface area contributed by atoms with Crippen molar-refractivity contribution in [2.45, 2.75) is 5.92 Å². The van der Waals surface area contributed by atoms with Crippen LogP contribution in [-0.2, 0) is 0 Å². The summed E-state index contributed by atoms with van der Waals surface area (Å²) in [5.74, 6) is 1.75. The highest BCUT2D eigenvalue weighted by Gasteiger charge is 2.23. The predicted octanol–water partition coefficient (Wildman–Crippen LogP) is 3.66. The van der Waals surface area contributed by atoms with Crippen molar-refractivity contribution < 1.29 is 8.83 Å². The highest BCUT2D eigenvalue weighted by Crippen LogP contribution is 2.33. The molecular weight excluding hydrogens is 200 g/mol. The van der Waals surface area contributed by atoms with Gasteiger partial charge in [0, 0.05) is 5.57 Å². The largest absolute Gasteiger partial charge is 0.468 e. The van der Waals surface area contributed by atoms with Crippen LogP contribution in [0.15, 0.2) is 75.2 Å². The summed E-state index contributed by atoms with van der Waals surface area (Å²) in [4.78, 5) is 0. The summed E-state index contributed by atoms with van der Waals surface area (Å²) in [6, 6.07) is 7.67. The first-order chi connectivity index (χ1) is 7.95. The molecule has 0 atom stereocenters. The molecule has 0 N–H and O–H groups in total. The fourth-order valence-electron chi connectivity index (χ4n) is 1.88. The topological polar surface area (TPSA) is 26.3 Å². The van der Waals surface area contributed by atoms with Crippen molar-refractivity contribution in [1.29, 1.82) is 0 Å². The van der Waals surface area contributed by atoms with Crippen molar-refractivity contribution in [1.82, 2.24) is 0 Å². The first-order valence-corrected chi connectivity index (χ1v) is 5.15. The molecule has 0 aromatic carbocycles. The number of hydrogen-bond donors (Lipinski definition) is 0. The molecule has 2 heterocycles. The third-order valence-corrected chi connectivity index (χ3v) is 2.59. The van der Waals surface area contributed by atoms with Gasteiger partial charge in [-0.05, 0) is 36.4 Å². The Balaban J connectivity index is 2.09. The summed E-state index contributed by atoms with van der Waals surface area (Å²) in [7, 11) is 0. The minimum Gasteiger partial charge on any atom is -0.468 e. The van der Waals surface area contributed by atoms with Crippen molar-refractivity contribution >= 4 is 0 Å². The molecule has 2 aromatic rings. The fourth-order valence-corrected chi connectivity index (χ4v) is 1.88. The first-order valence-electron chi connectivity index (χ1n) is 5.15. The Morgan fingerprint density at radius 3 is 2.12 bits per heavy atom. The molecule has 0 bridgehead atoms. The second-order valence-electron chi connectivity index (χ2n) is 3.59. The maximum atomic E-state index is 5.46. The van der Waals surface area contributed by atoms with Gasteiger partial charge in [0.15, 0.2) is 0 Å². The normalized spacial score (nSPS) is 13.7. The van der Waals surface area contributed by atoms with Crippen molar-refractivity contribution in [2.75, 3.05) is 0 Å². The number of rotatable bonds is 3. The molecule has 0 radical (unpaired) electrons. The van der Waals surface area contributed by atoms with Crippen LogP contribution in [0.25, 0.3) is 0 Å². The van der Waals surface area contributed by atoms with Gasteiger partial charge in [-0.3, -0.25) is 0 Å². The van der Waals surface area contributed by atoms with Crippen LogP contribution in [-0.4, -0.2) is 0 Å². The molecule has 0 unspecified atom stereocenters. The van der Waals surface area contributed by atoms with E-state index in [1.807, 2.05) is 42.5 Å². The summed E-state index contributed by atoms with van der Waals surface area (Å²) >= 11 is 0. The van der Waals surface area contributed by atoms with Gasteiger partial charge in [0.2, 0.25) is 0 Å². The molecular formula is C14H10O2. The minimum absolute atomic E-state index is 0.000000000000000444. The molecule has 0 aliphatic heterocycles. The van der Waals surface area contributed by atoms with E-state index in [9.17, 15) is 0 Å². The van der Waals surface area contributed by atoms with Gasteiger partial charge in [0.05, 0.1) is 12.5 Å². The van der Waals surface area contributed by atoms with E-state index in [-0.39, 0.29) is 5.92 Å². The Hall–Kier alpha value is -2.18. The Morgan fingerprint density at radius 2 is 1.69 bits per heavy atom. The second-order valence-corrected chi connectivity index (χ2v) is 3.59. The molecule has 2 heteroatoms. The molecule has 0 spiro atoms. The molecule has 1 aliphatic carbocycles. The van der Waals surface area contributed by atoms with E-state index in [0.29, 0.717) is 0 Å². The number of furan rings is 2. The molecule has 2 nitrogen and oxygen atoms in total. The molecule has 78 valence electrons. The van der Waals surface area contributed by atoms with E-state index < -0.39 is 0 Å². The summed E-state index contributed by atoms with van der Waals surface area (Å²) in [5.41, 5.74) is 4.25. The molecule has 16 heavy (non-hydrogen) atoms. The van der Waals surface area contributed by atoms with E-state index in [1.165, 1.54) is 0 Å². The van der Waals surface area contributed by atoms with Gasteiger partial charge in [0.25, 0.3) is 0 Å². The lowest BCUT2D eigenvalue weighted by Crippen LogP contribution is -1.99. The van der Waals surface area contributed by atoms with Gasteiger partial charge in [-0.25, -0.2) is 0 Å². The quantitative estimate of drug-likeness (QED) is 0.723. The minimum atomic E-state index is -0.000000000000000444. The average Bonchev–Trinajstić information content (AvgIpc) is 3.02. The zero-order valence-corrected chi connectivity index (χ0v) is 8.59. The van der Waals surface area contributed by atoms with Crippen LogP contribution in [0.1, 0.15) is 17.4 Å². The van der Waals surface area contributed by atoms with E-state index in [2.05, 4.69) is 5.73 Å². The summed E-state index contributed by atoms with van der Waals surface area (Å²) in [5, 5.41) is 0. The van der Waals surface area contributed by atoms with Gasteiger partial charge in [0.1, 0.15) is 17.4 Å². The Kier molecular flexibility index (Phi) is 2.13. The monoisotopic (exact) mass is 210 g/mol. The van der Waals surface area contributed by atoms with Crippen LogP contribution in [0.4, 0.5) is 0 Å². The standard InChI is InChI=1S/C14H10O2/c1-2-6-11(5-1)14(12-7-3-9-15-12)13-8-4-10-16-13/h1-5,7-10,14H. The lowest BCUT2D eigenvalue weighted by atomic mass is 9.95. The van der Waals surface area contributed by atoms with Crippen molar-refractivity contribution in [3.05, 3.63) is 77.8 Å². The van der Waals surface area contributed by atoms with Crippen LogP contribution in [0, 0.1) is 0 Å². The van der Waals surface area contributed by atoms with Crippen LogP contribution in [0.5, 0.6) is 0 Å². The Bertz CT molecular complexity index is 516. The molecule has 0 saturated carbocycles. The lowest BCUT2D eigenvalue weighted by Gasteiger charge is -2.10. The van der Waals surface area contributed by atoms with Gasteiger partial charge in [-0.2, -0.15) is 0 Å². The summed E-state index contributed by atoms with van der Waals surface area (Å²) < 4.78 is 10.9. The molecule has 3 rings (SSSR count). The van der Waals surface area contributed by atoms with Crippen LogP contribution < -0.4 is 0 Å². The zero-order valence-electron chi connectivity index (χ0n) is 8.59. The maximum Gasteiger partial charge on any atom is 0.119 e. The fraction of sp³-hybridized carbons (Fsp3) is 0.0714. The third-order valence-electron chi connectivity index (χ3n) is 2.59. The van der Waals surface area contributed by atoms with Gasteiger partial charge >= 0.3 is 0 Å². The summed E-state index contributed by atoms with van der Waals surface area (Å²) in [6.07, 6.45) is 9.24. The third kappa shape index (κ3) is 1.46. The Morgan fingerprint density at radius 1 is 1.00 bits per heavy atom. The van der Waals surface area contributed by atoms with E-state index in [0.717, 1.165) is 17.1 Å². The van der Waals surface area contributed by atoms with Gasteiger partial charge < -0.3 is 8.83 Å². The highest BCUT2D eigenvalue weighted by molar-refractivity contribution is 5.42. The number of allylic oxidation sites excluding steroid dienone is 3. The lowest BCUT2D eigenvalue weighted by molar-refractivity contribution is 0.449. The van der Waals surface area contributed by atoms with E-state index in [1.54, 1.807) is 12.5 Å². The van der Waals surface area contributed by atoms with Crippen LogP contribution in [0.3, 0.4) is 0 Å². The second kappa shape index (κ2) is 3.76. The molecule has 0 amide bonds. The zero-order chi connectivity index (χ0) is 10.8. The van der Waals surface area contributed by atoms with E-state index in [4.69, 9.17) is 8.83 Å². The summed E-state index contributed by atoms with van der Waals surface area (Å²) in [6.45, 7) is 0. The SMILES string of the molecule is C1=CC=CC=1C(c1ccco1)c1ccco1. The first kappa shape index (κ1) is 9.08. The maximum absolute atomic E-state index is 5.46. The van der Waals surface area contributed by atoms with Crippen molar-refractivity contribution in [3.63, 3.8) is 0 Å². The van der Waals surface area contributed by atoms with Crippen molar-refractivity contribution in [3.8, 4) is 0 Å². The highest BCUT2D eigenvalue weighted by atomic mass is 16.3. The van der Waals surface area contributed by atoms with Crippen LogP contribution in [0.2, 0.25) is 0 Å².